The number of aromatic nitrogens is 1. The minimum Gasteiger partial charge on any atom is -0.404 e. The maximum absolute atomic E-state index is 12.1. The third-order valence-corrected chi connectivity index (χ3v) is 6.76. The molecule has 7 nitrogen and oxygen atoms in total. The highest BCUT2D eigenvalue weighted by Gasteiger charge is 2.48. The van der Waals surface area contributed by atoms with Crippen LogP contribution in [-0.4, -0.2) is 65.9 Å². The Labute approximate surface area is 193 Å². The molecule has 3 aliphatic rings. The van der Waals surface area contributed by atoms with E-state index in [4.69, 9.17) is 9.47 Å². The number of piperazine rings is 1. The quantitative estimate of drug-likeness (QED) is 0.670. The van der Waals surface area contributed by atoms with Crippen LogP contribution in [-0.2, 0) is 25.5 Å². The fraction of sp³-hybridized carbons (Fsp3) is 0.346. The predicted octanol–water partition coefficient (Wildman–Crippen LogP) is 3.03. The van der Waals surface area contributed by atoms with Crippen molar-refractivity contribution in [3.05, 3.63) is 71.6 Å². The van der Waals surface area contributed by atoms with Gasteiger partial charge in [0.05, 0.1) is 6.54 Å². The maximum atomic E-state index is 12.1. The molecule has 7 heteroatoms. The highest BCUT2D eigenvalue weighted by molar-refractivity contribution is 5.93. The number of ether oxygens (including phenoxy) is 2. The van der Waals surface area contributed by atoms with Gasteiger partial charge in [0.2, 0.25) is 0 Å². The first kappa shape index (κ1) is 21.6. The van der Waals surface area contributed by atoms with Crippen molar-refractivity contribution in [2.75, 3.05) is 33.2 Å². The third-order valence-electron chi connectivity index (χ3n) is 6.76. The van der Waals surface area contributed by atoms with Crippen LogP contribution in [0.3, 0.4) is 0 Å². The molecule has 0 bridgehead atoms. The molecule has 0 radical (unpaired) electrons. The molecule has 1 spiro atoms. The van der Waals surface area contributed by atoms with E-state index in [1.807, 2.05) is 19.4 Å². The summed E-state index contributed by atoms with van der Waals surface area (Å²) in [6.07, 6.45) is 7.71. The van der Waals surface area contributed by atoms with Crippen LogP contribution < -0.4 is 0 Å². The van der Waals surface area contributed by atoms with E-state index >= 15 is 0 Å². The van der Waals surface area contributed by atoms with Crippen molar-refractivity contribution >= 4 is 17.5 Å². The Morgan fingerprint density at radius 1 is 1.00 bits per heavy atom. The summed E-state index contributed by atoms with van der Waals surface area (Å²) in [5, 5.41) is 0. The summed E-state index contributed by atoms with van der Waals surface area (Å²) in [6, 6.07) is 10.6. The van der Waals surface area contributed by atoms with E-state index in [0.717, 1.165) is 38.1 Å². The first-order valence-corrected chi connectivity index (χ1v) is 11.2. The summed E-state index contributed by atoms with van der Waals surface area (Å²) in [5.74, 6) is -2.52. The highest BCUT2D eigenvalue weighted by atomic mass is 16.8. The average Bonchev–Trinajstić information content (AvgIpc) is 3.05. The average molecular weight is 446 g/mol. The van der Waals surface area contributed by atoms with E-state index in [1.165, 1.54) is 33.4 Å². The number of allylic oxidation sites excluding steroid dienone is 1. The van der Waals surface area contributed by atoms with E-state index in [1.54, 1.807) is 4.90 Å². The van der Waals surface area contributed by atoms with E-state index < -0.39 is 17.8 Å². The molecule has 0 N–H and O–H groups in total. The Balaban J connectivity index is 1.33. The number of esters is 2. The molecule has 1 aromatic heterocycles. The summed E-state index contributed by atoms with van der Waals surface area (Å²) < 4.78 is 11.1. The summed E-state index contributed by atoms with van der Waals surface area (Å²) >= 11 is 0. The summed E-state index contributed by atoms with van der Waals surface area (Å²) in [5.41, 5.74) is 7.86. The molecular weight excluding hydrogens is 418 g/mol. The second-order valence-corrected chi connectivity index (χ2v) is 8.84. The molecule has 2 aromatic rings. The van der Waals surface area contributed by atoms with E-state index in [2.05, 4.69) is 47.1 Å². The number of hydrogen-bond donors (Lipinski definition) is 0. The van der Waals surface area contributed by atoms with Gasteiger partial charge in [0, 0.05) is 44.2 Å². The maximum Gasteiger partial charge on any atom is 0.335 e. The molecule has 2 aliphatic heterocycles. The number of benzene rings is 1. The minimum atomic E-state index is -1.39. The zero-order valence-electron chi connectivity index (χ0n) is 18.9. The normalized spacial score (nSPS) is 20.5. The van der Waals surface area contributed by atoms with Gasteiger partial charge in [-0.05, 0) is 66.8 Å². The SMILES string of the molecule is CC1=C(CCN2CCN(C)C3(C2)OC(=O)C=CC(=O)O3)c2cccc(-c3ccncc3)c2C1. The molecular formula is C26H27N3O4. The number of carbonyl (C=O) groups excluding carboxylic acids is 2. The van der Waals surface area contributed by atoms with Gasteiger partial charge in [-0.25, -0.2) is 14.5 Å². The van der Waals surface area contributed by atoms with Gasteiger partial charge in [-0.2, -0.15) is 0 Å². The van der Waals surface area contributed by atoms with Gasteiger partial charge in [-0.3, -0.25) is 9.88 Å². The van der Waals surface area contributed by atoms with Crippen LogP contribution in [0.2, 0.25) is 0 Å². The molecule has 5 rings (SSSR count). The smallest absolute Gasteiger partial charge is 0.335 e. The van der Waals surface area contributed by atoms with Crippen molar-refractivity contribution in [2.45, 2.75) is 25.7 Å². The first-order valence-electron chi connectivity index (χ1n) is 11.2. The lowest BCUT2D eigenvalue weighted by Gasteiger charge is -2.45. The molecule has 0 amide bonds. The van der Waals surface area contributed by atoms with Gasteiger partial charge in [0.15, 0.2) is 0 Å². The topological polar surface area (TPSA) is 72.0 Å². The standard InChI is InChI=1S/C26H27N3O4/c1-18-16-23-21(19-8-11-27-12-9-19)4-3-5-22(23)20(18)10-13-29-15-14-28(2)26(17-29)32-24(30)6-7-25(31)33-26/h3-9,11-12H,10,13-17H2,1-2H3. The minimum absolute atomic E-state index is 0.318. The first-order chi connectivity index (χ1) is 15.9. The van der Waals surface area contributed by atoms with Gasteiger partial charge < -0.3 is 9.47 Å². The molecule has 1 aliphatic carbocycles. The monoisotopic (exact) mass is 445 g/mol. The van der Waals surface area contributed by atoms with Gasteiger partial charge >= 0.3 is 17.8 Å². The molecule has 0 atom stereocenters. The summed E-state index contributed by atoms with van der Waals surface area (Å²) in [7, 11) is 1.81. The van der Waals surface area contributed by atoms with Crippen LogP contribution in [0, 0.1) is 0 Å². The Morgan fingerprint density at radius 3 is 2.42 bits per heavy atom. The Morgan fingerprint density at radius 2 is 1.70 bits per heavy atom. The number of rotatable bonds is 4. The van der Waals surface area contributed by atoms with Crippen LogP contribution in [0.25, 0.3) is 16.7 Å². The zero-order valence-corrected chi connectivity index (χ0v) is 18.9. The molecule has 0 unspecified atom stereocenters. The third kappa shape index (κ3) is 4.10. The van der Waals surface area contributed by atoms with Crippen LogP contribution in [0.5, 0.6) is 0 Å². The second kappa shape index (κ2) is 8.57. The molecule has 1 saturated heterocycles. The van der Waals surface area contributed by atoms with E-state index in [-0.39, 0.29) is 0 Å². The Kier molecular flexibility index (Phi) is 5.60. The van der Waals surface area contributed by atoms with Gasteiger partial charge in [0.1, 0.15) is 0 Å². The number of fused-ring (bicyclic) bond motifs is 1. The number of pyridine rings is 1. The van der Waals surface area contributed by atoms with Crippen LogP contribution in [0.1, 0.15) is 24.5 Å². The Hall–Kier alpha value is -3.29. The predicted molar refractivity (Wildman–Crippen MR) is 124 cm³/mol. The van der Waals surface area contributed by atoms with Crippen molar-refractivity contribution in [3.8, 4) is 11.1 Å². The molecule has 33 heavy (non-hydrogen) atoms. The van der Waals surface area contributed by atoms with Crippen molar-refractivity contribution < 1.29 is 19.1 Å². The van der Waals surface area contributed by atoms with Crippen molar-refractivity contribution in [2.24, 2.45) is 0 Å². The fourth-order valence-electron chi connectivity index (χ4n) is 4.98. The number of carbonyl (C=O) groups is 2. The molecule has 1 aromatic carbocycles. The van der Waals surface area contributed by atoms with Gasteiger partial charge in [-0.1, -0.05) is 23.8 Å². The number of hydrogen-bond acceptors (Lipinski definition) is 7. The Bertz CT molecular complexity index is 1140. The number of likely N-dealkylation sites (N-methyl/N-ethyl adjacent to an activating group) is 1. The molecule has 3 heterocycles. The van der Waals surface area contributed by atoms with Crippen molar-refractivity contribution in [1.82, 2.24) is 14.8 Å². The zero-order chi connectivity index (χ0) is 23.0. The van der Waals surface area contributed by atoms with E-state index in [0.29, 0.717) is 13.1 Å². The van der Waals surface area contributed by atoms with E-state index in [9.17, 15) is 9.59 Å². The second-order valence-electron chi connectivity index (χ2n) is 8.84. The molecule has 0 saturated carbocycles. The molecule has 170 valence electrons. The highest BCUT2D eigenvalue weighted by Crippen LogP contribution is 2.40. The van der Waals surface area contributed by atoms with Crippen LogP contribution >= 0.6 is 0 Å². The van der Waals surface area contributed by atoms with Crippen molar-refractivity contribution in [1.29, 1.82) is 0 Å². The van der Waals surface area contributed by atoms with Gasteiger partial charge in [0.25, 0.3) is 0 Å². The lowest BCUT2D eigenvalue weighted by atomic mass is 9.95. The van der Waals surface area contributed by atoms with Crippen LogP contribution in [0.4, 0.5) is 0 Å². The molecule has 1 fully saturated rings. The number of nitrogens with zero attached hydrogens (tertiary/aromatic N) is 3. The van der Waals surface area contributed by atoms with Gasteiger partial charge in [-0.15, -0.1) is 0 Å². The lowest BCUT2D eigenvalue weighted by Crippen LogP contribution is -2.64. The van der Waals surface area contributed by atoms with Crippen molar-refractivity contribution in [3.63, 3.8) is 0 Å². The van der Waals surface area contributed by atoms with Crippen LogP contribution in [0.15, 0.2) is 60.5 Å². The summed E-state index contributed by atoms with van der Waals surface area (Å²) in [4.78, 5) is 32.3. The fourth-order valence-corrected chi connectivity index (χ4v) is 4.98. The lowest BCUT2D eigenvalue weighted by molar-refractivity contribution is -0.294. The summed E-state index contributed by atoms with van der Waals surface area (Å²) in [6.45, 7) is 4.73. The largest absolute Gasteiger partial charge is 0.404 e.